The van der Waals surface area contributed by atoms with Crippen LogP contribution in [0.3, 0.4) is 0 Å². The Morgan fingerprint density at radius 2 is 0.826 bits per heavy atom. The lowest BCUT2D eigenvalue weighted by molar-refractivity contribution is 0.0845. The van der Waals surface area contributed by atoms with E-state index in [0.29, 0.717) is 93.1 Å². The summed E-state index contributed by atoms with van der Waals surface area (Å²) in [6.45, 7) is 12.1. The molecule has 0 atom stereocenters. The SMILES string of the molecule is Cc1ncc(N)cc1-c1cc(Cl)nc(Cl)c1.Cc1ncc(N)cc1-c1cc(Cl)nc(NCCO)c1.Cc1ncc(N)cc1-c1cc(NCCO)nc(C2=CCOCC2)c1.Cc1ncc(N)cc1-c1cc(NCCO)nc(C2CCOCC2)c1.Clc1cc(Br)cc(Cl)n1. The number of nitrogens with two attached hydrogens (primary N) is 4. The third-order valence-electron chi connectivity index (χ3n) is 13.8. The molecular formula is C65H72BrCl5N16O5. The van der Waals surface area contributed by atoms with Crippen molar-refractivity contribution in [2.24, 2.45) is 0 Å². The number of halogens is 6. The van der Waals surface area contributed by atoms with Gasteiger partial charge in [0.2, 0.25) is 0 Å². The van der Waals surface area contributed by atoms with E-state index < -0.39 is 0 Å². The minimum absolute atomic E-state index is 0.0302. The van der Waals surface area contributed by atoms with Crippen molar-refractivity contribution < 1.29 is 24.8 Å². The van der Waals surface area contributed by atoms with Gasteiger partial charge in [-0.05, 0) is 160 Å². The van der Waals surface area contributed by atoms with Crippen molar-refractivity contribution in [3.05, 3.63) is 180 Å². The molecule has 92 heavy (non-hydrogen) atoms. The molecule has 484 valence electrons. The maximum absolute atomic E-state index is 9.08. The molecule has 0 spiro atoms. The fourth-order valence-electron chi connectivity index (χ4n) is 9.42. The lowest BCUT2D eigenvalue weighted by atomic mass is 9.93. The summed E-state index contributed by atoms with van der Waals surface area (Å²) in [5, 5.41) is 38.1. The maximum Gasteiger partial charge on any atom is 0.132 e. The van der Waals surface area contributed by atoms with E-state index in [1.54, 1.807) is 55.1 Å². The predicted molar refractivity (Wildman–Crippen MR) is 376 cm³/mol. The zero-order valence-electron chi connectivity index (χ0n) is 51.0. The second-order valence-corrected chi connectivity index (χ2v) is 23.6. The molecular weight excluding hydrogens is 1340 g/mol. The third kappa shape index (κ3) is 22.3. The first-order valence-electron chi connectivity index (χ1n) is 29.0. The number of ether oxygens (including phenoxy) is 2. The number of hydrogen-bond acceptors (Lipinski definition) is 21. The smallest absolute Gasteiger partial charge is 0.132 e. The Labute approximate surface area is 567 Å². The molecule has 2 aliphatic heterocycles. The first-order valence-corrected chi connectivity index (χ1v) is 31.7. The summed E-state index contributed by atoms with van der Waals surface area (Å²) in [5.74, 6) is 2.50. The topological polar surface area (TPSA) is 335 Å². The van der Waals surface area contributed by atoms with Gasteiger partial charge in [0, 0.05) is 94.0 Å². The summed E-state index contributed by atoms with van der Waals surface area (Å²) in [5.41, 5.74) is 40.1. The van der Waals surface area contributed by atoms with E-state index in [0.717, 1.165) is 127 Å². The summed E-state index contributed by atoms with van der Waals surface area (Å²) in [7, 11) is 0. The van der Waals surface area contributed by atoms with Crippen LogP contribution in [0.15, 0.2) is 120 Å². The highest BCUT2D eigenvalue weighted by Crippen LogP contribution is 2.35. The number of nitrogen functional groups attached to an aromatic ring is 4. The Morgan fingerprint density at radius 1 is 0.457 bits per heavy atom. The fraction of sp³-hybridized carbons (Fsp3) is 0.277. The largest absolute Gasteiger partial charge is 0.397 e. The highest BCUT2D eigenvalue weighted by Gasteiger charge is 2.20. The summed E-state index contributed by atoms with van der Waals surface area (Å²) in [6, 6.07) is 26.1. The quantitative estimate of drug-likeness (QED) is 0.0426. The number of pyridine rings is 9. The highest BCUT2D eigenvalue weighted by molar-refractivity contribution is 9.10. The maximum atomic E-state index is 9.08. The van der Waals surface area contributed by atoms with Gasteiger partial charge in [0.05, 0.1) is 86.3 Å². The Kier molecular flexibility index (Phi) is 28.1. The van der Waals surface area contributed by atoms with Gasteiger partial charge in [-0.2, -0.15) is 0 Å². The van der Waals surface area contributed by atoms with Crippen LogP contribution >= 0.6 is 73.9 Å². The molecule has 0 bridgehead atoms. The molecule has 0 unspecified atom stereocenters. The second-order valence-electron chi connectivity index (χ2n) is 20.8. The van der Waals surface area contributed by atoms with E-state index in [1.165, 1.54) is 5.57 Å². The van der Waals surface area contributed by atoms with E-state index in [-0.39, 0.29) is 19.8 Å². The van der Waals surface area contributed by atoms with Crippen molar-refractivity contribution in [2.75, 3.05) is 105 Å². The van der Waals surface area contributed by atoms with Gasteiger partial charge in [-0.25, -0.2) is 24.9 Å². The Hall–Kier alpha value is -7.58. The van der Waals surface area contributed by atoms with Crippen molar-refractivity contribution >= 4 is 120 Å². The summed E-state index contributed by atoms with van der Waals surface area (Å²) < 4.78 is 11.7. The molecule has 1 saturated heterocycles. The van der Waals surface area contributed by atoms with Crippen LogP contribution in [0.5, 0.6) is 0 Å². The minimum Gasteiger partial charge on any atom is -0.397 e. The van der Waals surface area contributed by atoms with Gasteiger partial charge in [-0.3, -0.25) is 19.9 Å². The van der Waals surface area contributed by atoms with Crippen LogP contribution in [-0.2, 0) is 9.47 Å². The number of hydrogen-bond donors (Lipinski definition) is 10. The van der Waals surface area contributed by atoms with Crippen LogP contribution in [0.25, 0.3) is 50.1 Å². The molecule has 0 aromatic carbocycles. The Morgan fingerprint density at radius 3 is 1.23 bits per heavy atom. The molecule has 11 rings (SSSR count). The third-order valence-corrected chi connectivity index (χ3v) is 15.2. The van der Waals surface area contributed by atoms with Gasteiger partial charge < -0.3 is 63.7 Å². The van der Waals surface area contributed by atoms with Crippen molar-refractivity contribution in [3.8, 4) is 44.5 Å². The lowest BCUT2D eigenvalue weighted by Gasteiger charge is -2.23. The van der Waals surface area contributed by atoms with Gasteiger partial charge >= 0.3 is 0 Å². The molecule has 0 saturated carbocycles. The van der Waals surface area contributed by atoms with Crippen LogP contribution in [-0.4, -0.2) is 126 Å². The Bertz CT molecular complexity index is 3890. The molecule has 0 amide bonds. The molecule has 14 N–H and O–H groups in total. The number of anilines is 7. The molecule has 21 nitrogen and oxygen atoms in total. The normalized spacial score (nSPS) is 12.7. The highest BCUT2D eigenvalue weighted by atomic mass is 79.9. The zero-order valence-corrected chi connectivity index (χ0v) is 56.4. The molecule has 9 aromatic rings. The zero-order chi connectivity index (χ0) is 66.3. The number of aromatic nitrogens is 9. The van der Waals surface area contributed by atoms with Gasteiger partial charge in [0.25, 0.3) is 0 Å². The van der Waals surface area contributed by atoms with Crippen molar-refractivity contribution in [3.63, 3.8) is 0 Å². The van der Waals surface area contributed by atoms with Crippen LogP contribution < -0.4 is 38.9 Å². The van der Waals surface area contributed by atoms with Gasteiger partial charge in [0.15, 0.2) is 0 Å². The van der Waals surface area contributed by atoms with E-state index in [1.807, 2.05) is 70.2 Å². The van der Waals surface area contributed by atoms with E-state index in [2.05, 4.69) is 90.0 Å². The molecule has 27 heteroatoms. The number of aliphatic hydroxyl groups excluding tert-OH is 3. The monoisotopic (exact) mass is 1410 g/mol. The standard InChI is InChI=1S/C18H24N4O2.C18H22N4O2.C13H15ClN4O.C11H9Cl2N3.C5H2BrCl2N/c2*1-12-16(10-15(19)11-21-12)14-8-17(13-2-6-24-7-3-13)22-18(9-14)20-4-5-23;1-8-11(6-10(15)7-17-8)9-4-12(14)18-13(5-9)16-2-3-19;1-6-9(4-8(14)5-15-6)7-2-10(12)16-11(13)3-7;6-3-1-4(7)9-5(8)2-3/h8-11,13,23H,2-7,19H2,1H3,(H,20,22);2,8-11,23H,3-7,19H2,1H3,(H,20,22);4-7,19H,2-3,15H2,1H3,(H,16,18);2-5H,14H2,1H3;1-2H. The van der Waals surface area contributed by atoms with Gasteiger partial charge in [0.1, 0.15) is 43.2 Å². The molecule has 0 radical (unpaired) electrons. The van der Waals surface area contributed by atoms with Crippen LogP contribution in [0.1, 0.15) is 59.3 Å². The fourth-order valence-corrected chi connectivity index (χ4v) is 11.2. The molecule has 0 aliphatic carbocycles. The minimum atomic E-state index is 0.0302. The molecule has 2 aliphatic rings. The van der Waals surface area contributed by atoms with Crippen LogP contribution in [0, 0.1) is 27.7 Å². The lowest BCUT2D eigenvalue weighted by Crippen LogP contribution is -2.16. The van der Waals surface area contributed by atoms with Gasteiger partial charge in [-0.15, -0.1) is 0 Å². The van der Waals surface area contributed by atoms with Crippen molar-refractivity contribution in [2.45, 2.75) is 52.9 Å². The predicted octanol–water partition coefficient (Wildman–Crippen LogP) is 13.2. The molecule has 1 fully saturated rings. The number of aliphatic hydroxyl groups is 3. The van der Waals surface area contributed by atoms with Crippen LogP contribution in [0.2, 0.25) is 25.8 Å². The number of nitrogens with one attached hydrogen (secondary N) is 3. The van der Waals surface area contributed by atoms with E-state index in [4.69, 9.17) is 111 Å². The number of nitrogens with zero attached hydrogens (tertiary/aromatic N) is 9. The second kappa shape index (κ2) is 36.0. The van der Waals surface area contributed by atoms with E-state index in [9.17, 15) is 0 Å². The Balaban J connectivity index is 0.000000168. The van der Waals surface area contributed by atoms with Gasteiger partial charge in [-0.1, -0.05) is 80.0 Å². The summed E-state index contributed by atoms with van der Waals surface area (Å²) in [6.07, 6.45) is 11.4. The average molecular weight is 1410 g/mol. The van der Waals surface area contributed by atoms with Crippen molar-refractivity contribution in [1.29, 1.82) is 0 Å². The van der Waals surface area contributed by atoms with Crippen LogP contribution in [0.4, 0.5) is 40.2 Å². The summed E-state index contributed by atoms with van der Waals surface area (Å²) >= 11 is 31.9. The van der Waals surface area contributed by atoms with E-state index >= 15 is 0 Å². The first-order chi connectivity index (χ1) is 44.2. The molecule has 11 heterocycles. The van der Waals surface area contributed by atoms with Crippen molar-refractivity contribution in [1.82, 2.24) is 44.9 Å². The molecule has 9 aromatic heterocycles. The first kappa shape index (κ1) is 71.9. The number of aryl methyl sites for hydroxylation is 4. The number of rotatable bonds is 15. The average Bonchev–Trinajstić information content (AvgIpc) is 0.961. The summed E-state index contributed by atoms with van der Waals surface area (Å²) in [4.78, 5) is 38.3.